The second kappa shape index (κ2) is 7.77. The summed E-state index contributed by atoms with van der Waals surface area (Å²) in [5.74, 6) is 0. The molecule has 0 bridgehead atoms. The van der Waals surface area contributed by atoms with Gasteiger partial charge in [-0.05, 0) is 55.7 Å². The highest BCUT2D eigenvalue weighted by Crippen LogP contribution is 2.27. The van der Waals surface area contributed by atoms with Gasteiger partial charge in [-0.3, -0.25) is 4.90 Å². The summed E-state index contributed by atoms with van der Waals surface area (Å²) in [5.41, 5.74) is 4.09. The lowest BCUT2D eigenvalue weighted by Gasteiger charge is -2.30. The van der Waals surface area contributed by atoms with Crippen LogP contribution in [0.4, 0.5) is 4.79 Å². The van der Waals surface area contributed by atoms with Crippen LogP contribution >= 0.6 is 0 Å². The monoisotopic (exact) mass is 346 g/mol. The van der Waals surface area contributed by atoms with Gasteiger partial charge in [-0.2, -0.15) is 0 Å². The van der Waals surface area contributed by atoms with E-state index < -0.39 is 5.60 Å². The molecule has 4 heteroatoms. The van der Waals surface area contributed by atoms with Crippen LogP contribution in [0, 0.1) is 0 Å². The van der Waals surface area contributed by atoms with Gasteiger partial charge >= 0.3 is 6.09 Å². The van der Waals surface area contributed by atoms with Crippen molar-refractivity contribution in [3.63, 3.8) is 0 Å². The number of amides is 1. The third-order valence-electron chi connectivity index (χ3n) is 4.48. The normalized spacial score (nSPS) is 15.6. The molecule has 0 aromatic heterocycles. The van der Waals surface area contributed by atoms with E-state index in [1.54, 1.807) is 0 Å². The van der Waals surface area contributed by atoms with Crippen molar-refractivity contribution >= 4 is 6.09 Å². The molecule has 0 saturated carbocycles. The summed E-state index contributed by atoms with van der Waals surface area (Å²) in [6, 6.07) is 6.96. The third kappa shape index (κ3) is 6.35. The lowest BCUT2D eigenvalue weighted by molar-refractivity contribution is 0.0525. The number of rotatable bonds is 4. The average molecular weight is 347 g/mol. The predicted molar refractivity (Wildman–Crippen MR) is 103 cm³/mol. The largest absolute Gasteiger partial charge is 0.444 e. The summed E-state index contributed by atoms with van der Waals surface area (Å²) in [4.78, 5) is 14.1. The van der Waals surface area contributed by atoms with Gasteiger partial charge in [0.2, 0.25) is 0 Å². The maximum Gasteiger partial charge on any atom is 0.407 e. The summed E-state index contributed by atoms with van der Waals surface area (Å²) >= 11 is 0. The number of carbonyl (C=O) groups is 1. The van der Waals surface area contributed by atoms with Gasteiger partial charge < -0.3 is 10.1 Å². The van der Waals surface area contributed by atoms with Gasteiger partial charge in [0, 0.05) is 26.2 Å². The number of hydrogen-bond donors (Lipinski definition) is 1. The molecular weight excluding hydrogens is 312 g/mol. The van der Waals surface area contributed by atoms with Gasteiger partial charge in [-0.15, -0.1) is 0 Å². The van der Waals surface area contributed by atoms with Gasteiger partial charge in [-0.25, -0.2) is 4.79 Å². The van der Waals surface area contributed by atoms with Crippen molar-refractivity contribution in [1.29, 1.82) is 0 Å². The van der Waals surface area contributed by atoms with E-state index in [0.29, 0.717) is 6.54 Å². The van der Waals surface area contributed by atoms with Gasteiger partial charge in [0.05, 0.1) is 0 Å². The smallest absolute Gasteiger partial charge is 0.407 e. The van der Waals surface area contributed by atoms with Crippen molar-refractivity contribution in [1.82, 2.24) is 10.2 Å². The van der Waals surface area contributed by atoms with E-state index in [1.165, 1.54) is 16.7 Å². The Kier molecular flexibility index (Phi) is 6.15. The van der Waals surface area contributed by atoms with Gasteiger partial charge in [0.15, 0.2) is 0 Å². The van der Waals surface area contributed by atoms with Crippen LogP contribution in [0.5, 0.6) is 0 Å². The topological polar surface area (TPSA) is 41.6 Å². The predicted octanol–water partition coefficient (Wildman–Crippen LogP) is 4.26. The summed E-state index contributed by atoms with van der Waals surface area (Å²) < 4.78 is 5.26. The number of ether oxygens (including phenoxy) is 1. The number of benzene rings is 1. The van der Waals surface area contributed by atoms with Gasteiger partial charge in [0.25, 0.3) is 0 Å². The molecule has 25 heavy (non-hydrogen) atoms. The highest BCUT2D eigenvalue weighted by atomic mass is 16.6. The maximum absolute atomic E-state index is 11.7. The number of fused-ring (bicyclic) bond motifs is 1. The zero-order valence-corrected chi connectivity index (χ0v) is 16.7. The minimum absolute atomic E-state index is 0.189. The number of alkyl carbamates (subject to hydrolysis) is 1. The summed E-state index contributed by atoms with van der Waals surface area (Å²) in [6.07, 6.45) is 1.72. The molecule has 140 valence electrons. The Bertz CT molecular complexity index is 597. The number of nitrogens with one attached hydrogen (secondary N) is 1. The quantitative estimate of drug-likeness (QED) is 0.828. The molecule has 1 aliphatic rings. The van der Waals surface area contributed by atoms with E-state index in [1.807, 2.05) is 20.8 Å². The van der Waals surface area contributed by atoms with Crippen molar-refractivity contribution in [2.45, 2.75) is 71.9 Å². The minimum atomic E-state index is -0.439. The van der Waals surface area contributed by atoms with Crippen molar-refractivity contribution in [2.75, 3.05) is 19.6 Å². The van der Waals surface area contributed by atoms with Crippen molar-refractivity contribution in [3.05, 3.63) is 34.9 Å². The molecule has 2 rings (SSSR count). The second-order valence-electron chi connectivity index (χ2n) is 9.04. The van der Waals surface area contributed by atoms with E-state index in [0.717, 1.165) is 32.5 Å². The number of carbonyl (C=O) groups excluding carboxylic acids is 1. The molecule has 0 spiro atoms. The Hall–Kier alpha value is -1.55. The highest BCUT2D eigenvalue weighted by molar-refractivity contribution is 5.67. The van der Waals surface area contributed by atoms with E-state index in [-0.39, 0.29) is 11.5 Å². The first-order valence-corrected chi connectivity index (χ1v) is 9.36. The standard InChI is InChI=1S/C21H34N2O2/c1-20(2,3)18-9-8-16-10-13-23(15-17(16)14-18)12-7-11-22-19(24)25-21(4,5)6/h8-9,14H,7,10-13,15H2,1-6H3,(H,22,24). The molecular formula is C21H34N2O2. The van der Waals surface area contributed by atoms with Crippen LogP contribution in [-0.4, -0.2) is 36.2 Å². The lowest BCUT2D eigenvalue weighted by Crippen LogP contribution is -2.36. The minimum Gasteiger partial charge on any atom is -0.444 e. The van der Waals surface area contributed by atoms with Crippen LogP contribution in [0.2, 0.25) is 0 Å². The van der Waals surface area contributed by atoms with E-state index in [2.05, 4.69) is 49.2 Å². The Balaban J connectivity index is 1.80. The lowest BCUT2D eigenvalue weighted by atomic mass is 9.84. The highest BCUT2D eigenvalue weighted by Gasteiger charge is 2.20. The van der Waals surface area contributed by atoms with Crippen molar-refractivity contribution < 1.29 is 9.53 Å². The molecule has 1 aliphatic heterocycles. The molecule has 1 N–H and O–H groups in total. The zero-order valence-electron chi connectivity index (χ0n) is 16.7. The Labute approximate surface area is 152 Å². The van der Waals surface area contributed by atoms with Crippen LogP contribution in [0.1, 0.15) is 64.7 Å². The van der Waals surface area contributed by atoms with Crippen molar-refractivity contribution in [3.8, 4) is 0 Å². The number of nitrogens with zero attached hydrogens (tertiary/aromatic N) is 1. The first-order valence-electron chi connectivity index (χ1n) is 9.36. The van der Waals surface area contributed by atoms with Gasteiger partial charge in [0.1, 0.15) is 5.60 Å². The van der Waals surface area contributed by atoms with Crippen LogP contribution < -0.4 is 5.32 Å². The van der Waals surface area contributed by atoms with Crippen LogP contribution in [0.15, 0.2) is 18.2 Å². The molecule has 4 nitrogen and oxygen atoms in total. The SMILES string of the molecule is CC(C)(C)OC(=O)NCCCN1CCc2ccc(C(C)(C)C)cc2C1. The molecule has 1 heterocycles. The molecule has 0 atom stereocenters. The van der Waals surface area contributed by atoms with Crippen LogP contribution in [0.25, 0.3) is 0 Å². The molecule has 0 unspecified atom stereocenters. The van der Waals surface area contributed by atoms with E-state index in [4.69, 9.17) is 4.74 Å². The average Bonchev–Trinajstić information content (AvgIpc) is 2.48. The molecule has 0 radical (unpaired) electrons. The third-order valence-corrected chi connectivity index (χ3v) is 4.48. The van der Waals surface area contributed by atoms with Crippen molar-refractivity contribution in [2.24, 2.45) is 0 Å². The fraction of sp³-hybridized carbons (Fsp3) is 0.667. The zero-order chi connectivity index (χ0) is 18.7. The molecule has 1 aromatic carbocycles. The van der Waals surface area contributed by atoms with Crippen LogP contribution in [0.3, 0.4) is 0 Å². The maximum atomic E-state index is 11.7. The summed E-state index contributed by atoms with van der Waals surface area (Å²) in [7, 11) is 0. The fourth-order valence-electron chi connectivity index (χ4n) is 3.08. The first-order chi connectivity index (χ1) is 11.5. The molecule has 1 amide bonds. The fourth-order valence-corrected chi connectivity index (χ4v) is 3.08. The summed E-state index contributed by atoms with van der Waals surface area (Å²) in [5, 5.41) is 2.84. The Morgan fingerprint density at radius 3 is 2.52 bits per heavy atom. The Morgan fingerprint density at radius 1 is 1.16 bits per heavy atom. The molecule has 0 saturated heterocycles. The second-order valence-corrected chi connectivity index (χ2v) is 9.04. The van der Waals surface area contributed by atoms with E-state index >= 15 is 0 Å². The molecule has 1 aromatic rings. The van der Waals surface area contributed by atoms with Gasteiger partial charge in [-0.1, -0.05) is 39.0 Å². The van der Waals surface area contributed by atoms with Crippen LogP contribution in [-0.2, 0) is 23.1 Å². The van der Waals surface area contributed by atoms with E-state index in [9.17, 15) is 4.79 Å². The Morgan fingerprint density at radius 2 is 1.88 bits per heavy atom. The summed E-state index contributed by atoms with van der Waals surface area (Å²) in [6.45, 7) is 16.2. The first kappa shape index (κ1) is 19.8. The molecule has 0 fully saturated rings. The molecule has 0 aliphatic carbocycles. The number of hydrogen-bond acceptors (Lipinski definition) is 3.